The fourth-order valence-electron chi connectivity index (χ4n) is 2.88. The molecule has 0 radical (unpaired) electrons. The Morgan fingerprint density at radius 2 is 1.71 bits per heavy atom. The number of hydrogen-bond acceptors (Lipinski definition) is 5. The van der Waals surface area contributed by atoms with Crippen LogP contribution in [0.5, 0.6) is 0 Å². The second-order valence-electron chi connectivity index (χ2n) is 5.83. The maximum atomic E-state index is 12.7. The Morgan fingerprint density at radius 3 is 2.29 bits per heavy atom. The molecular weight excluding hydrogens is 310 g/mol. The molecule has 0 spiro atoms. The molecule has 118 valence electrons. The highest BCUT2D eigenvalue weighted by Gasteiger charge is 2.37. The molecule has 0 saturated heterocycles. The minimum absolute atomic E-state index is 0.118. The van der Waals surface area contributed by atoms with Gasteiger partial charge in [-0.2, -0.15) is 0 Å². The lowest BCUT2D eigenvalue weighted by Crippen LogP contribution is -2.35. The lowest BCUT2D eigenvalue weighted by atomic mass is 10.00. The van der Waals surface area contributed by atoms with Gasteiger partial charge < -0.3 is 5.73 Å². The highest BCUT2D eigenvalue weighted by atomic mass is 32.2. The van der Waals surface area contributed by atoms with Gasteiger partial charge in [0, 0.05) is 6.26 Å². The van der Waals surface area contributed by atoms with Crippen LogP contribution in [-0.4, -0.2) is 33.6 Å². The van der Waals surface area contributed by atoms with Gasteiger partial charge in [-0.1, -0.05) is 12.5 Å². The Labute approximate surface area is 126 Å². The molecule has 2 rings (SSSR count). The smallest absolute Gasteiger partial charge is 0.183 e. The monoisotopic (exact) mass is 331 g/mol. The van der Waals surface area contributed by atoms with Gasteiger partial charge >= 0.3 is 0 Å². The van der Waals surface area contributed by atoms with Gasteiger partial charge in [-0.25, -0.2) is 16.8 Å². The van der Waals surface area contributed by atoms with E-state index in [9.17, 15) is 16.8 Å². The summed E-state index contributed by atoms with van der Waals surface area (Å²) < 4.78 is 48.8. The summed E-state index contributed by atoms with van der Waals surface area (Å²) in [5.41, 5.74) is 6.96. The molecule has 1 aliphatic carbocycles. The van der Waals surface area contributed by atoms with Crippen molar-refractivity contribution in [2.75, 3.05) is 12.0 Å². The second kappa shape index (κ2) is 5.61. The molecule has 0 aliphatic heterocycles. The summed E-state index contributed by atoms with van der Waals surface area (Å²) in [5.74, 6) is 0. The van der Waals surface area contributed by atoms with E-state index in [1.165, 1.54) is 12.3 Å². The minimum Gasteiger partial charge on any atom is -0.398 e. The summed E-state index contributed by atoms with van der Waals surface area (Å²) in [4.78, 5) is 0.118. The van der Waals surface area contributed by atoms with Gasteiger partial charge in [0.05, 0.1) is 21.1 Å². The number of sulfone groups is 2. The van der Waals surface area contributed by atoms with E-state index in [0.29, 0.717) is 19.3 Å². The number of nitrogen functional groups attached to an aromatic ring is 1. The van der Waals surface area contributed by atoms with Crippen LogP contribution >= 0.6 is 0 Å². The molecule has 0 bridgehead atoms. The van der Waals surface area contributed by atoms with Crippen LogP contribution in [0.3, 0.4) is 0 Å². The Bertz CT molecular complexity index is 738. The summed E-state index contributed by atoms with van der Waals surface area (Å²) in [7, 11) is -6.81. The zero-order chi connectivity index (χ0) is 15.8. The van der Waals surface area contributed by atoms with Gasteiger partial charge in [-0.05, 0) is 43.9 Å². The Balaban J connectivity index is 2.35. The van der Waals surface area contributed by atoms with E-state index in [1.54, 1.807) is 12.1 Å². The summed E-state index contributed by atoms with van der Waals surface area (Å²) in [6, 6.07) is 4.86. The Morgan fingerprint density at radius 1 is 1.10 bits per heavy atom. The van der Waals surface area contributed by atoms with Crippen LogP contribution in [0.1, 0.15) is 31.2 Å². The maximum Gasteiger partial charge on any atom is 0.183 e. The first-order chi connectivity index (χ1) is 9.62. The average molecular weight is 331 g/mol. The first-order valence-corrected chi connectivity index (χ1v) is 10.4. The van der Waals surface area contributed by atoms with E-state index in [-0.39, 0.29) is 17.0 Å². The van der Waals surface area contributed by atoms with Crippen LogP contribution in [0.2, 0.25) is 0 Å². The lowest BCUT2D eigenvalue weighted by Gasteiger charge is -2.28. The van der Waals surface area contributed by atoms with Crippen molar-refractivity contribution in [1.82, 2.24) is 0 Å². The third-order valence-corrected chi connectivity index (χ3v) is 8.02. The van der Waals surface area contributed by atoms with Crippen LogP contribution in [0.25, 0.3) is 0 Å². The average Bonchev–Trinajstić information content (AvgIpc) is 2.37. The zero-order valence-corrected chi connectivity index (χ0v) is 13.9. The van der Waals surface area contributed by atoms with Crippen LogP contribution < -0.4 is 5.73 Å². The molecule has 21 heavy (non-hydrogen) atoms. The fraction of sp³-hybridized carbons (Fsp3) is 0.571. The quantitative estimate of drug-likeness (QED) is 0.851. The number of nitrogens with two attached hydrogens (primary N) is 1. The van der Waals surface area contributed by atoms with Gasteiger partial charge in [0.2, 0.25) is 0 Å². The largest absolute Gasteiger partial charge is 0.398 e. The molecular formula is C14H21NO4S2. The van der Waals surface area contributed by atoms with Gasteiger partial charge in [-0.3, -0.25) is 0 Å². The van der Waals surface area contributed by atoms with Crippen LogP contribution in [0.15, 0.2) is 23.1 Å². The molecule has 0 heterocycles. The molecule has 2 unspecified atom stereocenters. The Hall–Kier alpha value is -1.08. The first kappa shape index (κ1) is 16.3. The van der Waals surface area contributed by atoms with Gasteiger partial charge in [0.1, 0.15) is 9.84 Å². The van der Waals surface area contributed by atoms with Crippen molar-refractivity contribution in [2.45, 2.75) is 48.0 Å². The number of rotatable bonds is 3. The predicted octanol–water partition coefficient (Wildman–Crippen LogP) is 1.71. The maximum absolute atomic E-state index is 12.7. The standard InChI is InChI=1S/C14H21NO4S2/c1-10-6-7-14(13(15)8-10)21(18,19)12-5-3-4-11(9-12)20(2,16)17/h6-8,11-12H,3-5,9,15H2,1-2H3. The first-order valence-electron chi connectivity index (χ1n) is 6.91. The van der Waals surface area contributed by atoms with Crippen LogP contribution in [0.4, 0.5) is 5.69 Å². The zero-order valence-electron chi connectivity index (χ0n) is 12.2. The highest BCUT2D eigenvalue weighted by molar-refractivity contribution is 7.92. The topological polar surface area (TPSA) is 94.3 Å². The van der Waals surface area contributed by atoms with E-state index in [0.717, 1.165) is 5.56 Å². The van der Waals surface area contributed by atoms with E-state index in [4.69, 9.17) is 5.73 Å². The minimum atomic E-state index is -3.59. The van der Waals surface area contributed by atoms with Crippen LogP contribution in [0, 0.1) is 6.92 Å². The summed E-state index contributed by atoms with van der Waals surface area (Å²) in [5, 5.41) is -1.24. The number of benzene rings is 1. The molecule has 5 nitrogen and oxygen atoms in total. The predicted molar refractivity (Wildman–Crippen MR) is 83.7 cm³/mol. The van der Waals surface area contributed by atoms with Crippen molar-refractivity contribution < 1.29 is 16.8 Å². The lowest BCUT2D eigenvalue weighted by molar-refractivity contribution is 0.473. The van der Waals surface area contributed by atoms with Crippen molar-refractivity contribution in [2.24, 2.45) is 0 Å². The summed E-state index contributed by atoms with van der Waals surface area (Å²) in [6.45, 7) is 1.84. The molecule has 1 fully saturated rings. The molecule has 1 saturated carbocycles. The highest BCUT2D eigenvalue weighted by Crippen LogP contribution is 2.33. The number of anilines is 1. The molecule has 0 amide bonds. The fourth-order valence-corrected chi connectivity index (χ4v) is 6.14. The third kappa shape index (κ3) is 3.40. The molecule has 1 aromatic carbocycles. The molecule has 1 aromatic rings. The molecule has 7 heteroatoms. The van der Waals surface area contributed by atoms with Crippen molar-refractivity contribution in [3.8, 4) is 0 Å². The molecule has 0 aromatic heterocycles. The van der Waals surface area contributed by atoms with E-state index < -0.39 is 30.2 Å². The Kier molecular flexibility index (Phi) is 4.35. The molecule has 1 aliphatic rings. The molecule has 2 atom stereocenters. The van der Waals surface area contributed by atoms with Crippen molar-refractivity contribution in [1.29, 1.82) is 0 Å². The van der Waals surface area contributed by atoms with Gasteiger partial charge in [0.25, 0.3) is 0 Å². The summed E-state index contributed by atoms with van der Waals surface area (Å²) in [6.07, 6.45) is 2.96. The van der Waals surface area contributed by atoms with Gasteiger partial charge in [0.15, 0.2) is 9.84 Å². The molecule has 2 N–H and O–H groups in total. The van der Waals surface area contributed by atoms with E-state index in [1.807, 2.05) is 6.92 Å². The normalized spacial score (nSPS) is 23.9. The van der Waals surface area contributed by atoms with Crippen molar-refractivity contribution in [3.63, 3.8) is 0 Å². The third-order valence-electron chi connectivity index (χ3n) is 4.09. The van der Waals surface area contributed by atoms with Crippen molar-refractivity contribution in [3.05, 3.63) is 23.8 Å². The van der Waals surface area contributed by atoms with E-state index >= 15 is 0 Å². The van der Waals surface area contributed by atoms with E-state index in [2.05, 4.69) is 0 Å². The van der Waals surface area contributed by atoms with Gasteiger partial charge in [-0.15, -0.1) is 0 Å². The van der Waals surface area contributed by atoms with Crippen molar-refractivity contribution >= 4 is 25.4 Å². The van der Waals surface area contributed by atoms with Crippen LogP contribution in [-0.2, 0) is 19.7 Å². The number of aryl methyl sites for hydroxylation is 1. The summed E-state index contributed by atoms with van der Waals surface area (Å²) >= 11 is 0. The SMILES string of the molecule is Cc1ccc(S(=O)(=O)C2CCCC(S(C)(=O)=O)C2)c(N)c1. The second-order valence-corrected chi connectivity index (χ2v) is 10.3. The number of hydrogen-bond donors (Lipinski definition) is 1.